The number of anilines is 1. The first-order chi connectivity index (χ1) is 19.4. The number of allylic oxidation sites excluding steroid dienone is 1. The molecule has 11 nitrogen and oxygen atoms in total. The quantitative estimate of drug-likeness (QED) is 0.283. The van der Waals surface area contributed by atoms with E-state index in [0.29, 0.717) is 56.5 Å². The molecule has 0 bridgehead atoms. The Labute approximate surface area is 237 Å². The van der Waals surface area contributed by atoms with Gasteiger partial charge in [0.1, 0.15) is 11.5 Å². The summed E-state index contributed by atoms with van der Waals surface area (Å²) in [5.41, 5.74) is 2.46. The number of halogens is 2. The van der Waals surface area contributed by atoms with Crippen molar-refractivity contribution in [1.82, 2.24) is 25.3 Å². The van der Waals surface area contributed by atoms with E-state index < -0.39 is 5.97 Å². The van der Waals surface area contributed by atoms with Crippen LogP contribution in [0.2, 0.25) is 10.0 Å². The fourth-order valence-corrected chi connectivity index (χ4v) is 6.01. The highest BCUT2D eigenvalue weighted by molar-refractivity contribution is 6.39. The van der Waals surface area contributed by atoms with Gasteiger partial charge in [-0.25, -0.2) is 9.78 Å². The Morgan fingerprint density at radius 1 is 1.10 bits per heavy atom. The Morgan fingerprint density at radius 3 is 2.52 bits per heavy atom. The fraction of sp³-hybridized carbons (Fsp3) is 0.333. The molecule has 1 saturated heterocycles. The molecule has 5 heterocycles. The largest absolute Gasteiger partial charge is 0.481 e. The van der Waals surface area contributed by atoms with Crippen LogP contribution in [0.1, 0.15) is 40.6 Å². The van der Waals surface area contributed by atoms with Crippen molar-refractivity contribution in [2.45, 2.75) is 18.8 Å². The zero-order chi connectivity index (χ0) is 27.5. The number of nitrogens with zero attached hydrogens (tertiary/aromatic N) is 6. The Balaban J connectivity index is 1.07. The number of aromatic nitrogens is 5. The number of ether oxygens (including phenoxy) is 1. The fourth-order valence-electron chi connectivity index (χ4n) is 5.46. The minimum Gasteiger partial charge on any atom is -0.481 e. The van der Waals surface area contributed by atoms with E-state index in [1.165, 1.54) is 13.2 Å². The second kappa shape index (κ2) is 9.60. The molecule has 0 amide bonds. The number of carbonyl (C=O) groups is 1. The van der Waals surface area contributed by atoms with E-state index in [4.69, 9.17) is 37.0 Å². The third-order valence-electron chi connectivity index (χ3n) is 7.71. The summed E-state index contributed by atoms with van der Waals surface area (Å²) in [7, 11) is 1.42. The number of carboxylic acids is 1. The minimum atomic E-state index is -1.17. The SMILES string of the molecule is COc1cc(-c2nc(N3CC4C(C=Cc5c(-c6c(Cl)cncc6Cl)noc5C5CC5)C4C3)no2)cc(C(=O)O)n1. The van der Waals surface area contributed by atoms with Gasteiger partial charge in [-0.05, 0) is 41.8 Å². The summed E-state index contributed by atoms with van der Waals surface area (Å²) in [6.45, 7) is 1.57. The lowest BCUT2D eigenvalue weighted by molar-refractivity contribution is 0.0689. The van der Waals surface area contributed by atoms with Crippen LogP contribution in [0.4, 0.5) is 5.95 Å². The molecule has 0 spiro atoms. The maximum atomic E-state index is 11.4. The molecule has 2 atom stereocenters. The van der Waals surface area contributed by atoms with Crippen molar-refractivity contribution in [2.24, 2.45) is 17.8 Å². The third kappa shape index (κ3) is 4.39. The van der Waals surface area contributed by atoms with E-state index in [1.807, 2.05) is 0 Å². The normalized spacial score (nSPS) is 21.7. The summed E-state index contributed by atoms with van der Waals surface area (Å²) in [6.07, 6.45) is 9.60. The number of pyridine rings is 2. The Bertz CT molecular complexity index is 1630. The van der Waals surface area contributed by atoms with Gasteiger partial charge in [-0.2, -0.15) is 4.98 Å². The highest BCUT2D eigenvalue weighted by Crippen LogP contribution is 2.54. The predicted octanol–water partition coefficient (Wildman–Crippen LogP) is 5.47. The standard InChI is InChI=1S/C27H22Cl2N6O5/c1-38-21-7-13(6-20(31-21)26(36)37)25-32-27(34-40-25)35-10-16-14(17(16)11-35)4-5-15-23(33-39-24(15)12-2-3-12)22-18(28)8-30-9-19(22)29/h4-9,12,14,16-17H,2-3,10-11H2,1H3,(H,36,37). The lowest BCUT2D eigenvalue weighted by atomic mass is 10.0. The topological polar surface area (TPSA) is 140 Å². The van der Waals surface area contributed by atoms with Crippen molar-refractivity contribution in [3.63, 3.8) is 0 Å². The minimum absolute atomic E-state index is 0.154. The molecule has 204 valence electrons. The lowest BCUT2D eigenvalue weighted by Crippen LogP contribution is -2.24. The number of piperidine rings is 1. The highest BCUT2D eigenvalue weighted by Gasteiger charge is 2.55. The third-order valence-corrected chi connectivity index (χ3v) is 8.29. The summed E-state index contributed by atoms with van der Waals surface area (Å²) in [5, 5.41) is 18.7. The summed E-state index contributed by atoms with van der Waals surface area (Å²) in [4.78, 5) is 26.0. The van der Waals surface area contributed by atoms with Crippen molar-refractivity contribution in [3.05, 3.63) is 57.7 Å². The number of rotatable bonds is 8. The van der Waals surface area contributed by atoms with Crippen LogP contribution in [0.25, 0.3) is 28.8 Å². The molecule has 3 aliphatic rings. The molecule has 7 rings (SSSR count). The number of carboxylic acid groups (broad SMARTS) is 1. The molecule has 0 aromatic carbocycles. The predicted molar refractivity (Wildman–Crippen MR) is 144 cm³/mol. The van der Waals surface area contributed by atoms with Gasteiger partial charge in [-0.3, -0.25) is 4.98 Å². The van der Waals surface area contributed by atoms with Crippen LogP contribution < -0.4 is 9.64 Å². The van der Waals surface area contributed by atoms with E-state index in [0.717, 1.165) is 37.3 Å². The molecule has 13 heteroatoms. The average Bonchev–Trinajstić information content (AvgIpc) is 3.68. The van der Waals surface area contributed by atoms with Crippen LogP contribution in [0.15, 0.2) is 39.6 Å². The molecule has 3 fully saturated rings. The van der Waals surface area contributed by atoms with Crippen molar-refractivity contribution in [1.29, 1.82) is 0 Å². The number of hydrogen-bond acceptors (Lipinski definition) is 10. The molecule has 2 unspecified atom stereocenters. The summed E-state index contributed by atoms with van der Waals surface area (Å²) < 4.78 is 16.3. The van der Waals surface area contributed by atoms with Gasteiger partial charge in [0.15, 0.2) is 5.69 Å². The van der Waals surface area contributed by atoms with E-state index in [2.05, 4.69) is 42.3 Å². The van der Waals surface area contributed by atoms with Crippen LogP contribution in [0.5, 0.6) is 5.88 Å². The number of aromatic carboxylic acids is 1. The number of methoxy groups -OCH3 is 1. The summed E-state index contributed by atoms with van der Waals surface area (Å²) in [6, 6.07) is 2.94. The van der Waals surface area contributed by atoms with Crippen LogP contribution in [0, 0.1) is 17.8 Å². The van der Waals surface area contributed by atoms with Crippen molar-refractivity contribution in [2.75, 3.05) is 25.1 Å². The van der Waals surface area contributed by atoms with Crippen molar-refractivity contribution >= 4 is 41.2 Å². The zero-order valence-corrected chi connectivity index (χ0v) is 22.6. The molecule has 0 radical (unpaired) electrons. The van der Waals surface area contributed by atoms with Gasteiger partial charge in [0.2, 0.25) is 5.88 Å². The molecule has 4 aromatic heterocycles. The molecule has 4 aromatic rings. The first kappa shape index (κ1) is 25.0. The maximum absolute atomic E-state index is 11.4. The molecular formula is C27H22Cl2N6O5. The zero-order valence-electron chi connectivity index (χ0n) is 21.1. The maximum Gasteiger partial charge on any atom is 0.354 e. The van der Waals surface area contributed by atoms with Gasteiger partial charge >= 0.3 is 5.97 Å². The van der Waals surface area contributed by atoms with E-state index >= 15 is 0 Å². The van der Waals surface area contributed by atoms with E-state index in [-0.39, 0.29) is 17.5 Å². The lowest BCUT2D eigenvalue weighted by Gasteiger charge is -2.15. The second-order valence-electron chi connectivity index (χ2n) is 10.2. The molecule has 1 aliphatic heterocycles. The van der Waals surface area contributed by atoms with Crippen molar-refractivity contribution in [3.8, 4) is 28.6 Å². The van der Waals surface area contributed by atoms with Crippen LogP contribution in [0.3, 0.4) is 0 Å². The Hall–Kier alpha value is -3.96. The summed E-state index contributed by atoms with van der Waals surface area (Å²) >= 11 is 12.9. The van der Waals surface area contributed by atoms with E-state index in [9.17, 15) is 9.90 Å². The monoisotopic (exact) mass is 580 g/mol. The number of fused-ring (bicyclic) bond motifs is 1. The molecule has 1 N–H and O–H groups in total. The molecule has 40 heavy (non-hydrogen) atoms. The molecule has 2 aliphatic carbocycles. The smallest absolute Gasteiger partial charge is 0.354 e. The van der Waals surface area contributed by atoms with Crippen molar-refractivity contribution < 1.29 is 23.7 Å². The van der Waals surface area contributed by atoms with Gasteiger partial charge < -0.3 is 23.8 Å². The molecular weight excluding hydrogens is 559 g/mol. The Kier molecular flexibility index (Phi) is 6.01. The van der Waals surface area contributed by atoms with Gasteiger partial charge in [-0.1, -0.05) is 40.5 Å². The summed E-state index contributed by atoms with van der Waals surface area (Å²) in [5.74, 6) is 2.22. The van der Waals surface area contributed by atoms with Gasteiger partial charge in [0.25, 0.3) is 11.8 Å². The first-order valence-corrected chi connectivity index (χ1v) is 13.5. The second-order valence-corrected chi connectivity index (χ2v) is 11.0. The van der Waals surface area contributed by atoms with Gasteiger partial charge in [-0.15, -0.1) is 0 Å². The average molecular weight is 581 g/mol. The first-order valence-electron chi connectivity index (χ1n) is 12.8. The highest BCUT2D eigenvalue weighted by atomic mass is 35.5. The van der Waals surface area contributed by atoms with E-state index in [1.54, 1.807) is 18.5 Å². The molecule has 2 saturated carbocycles. The number of hydrogen-bond donors (Lipinski definition) is 1. The van der Waals surface area contributed by atoms with Crippen LogP contribution >= 0.6 is 23.2 Å². The van der Waals surface area contributed by atoms with Gasteiger partial charge in [0.05, 0.1) is 17.2 Å². The van der Waals surface area contributed by atoms with Crippen LogP contribution in [-0.2, 0) is 0 Å². The van der Waals surface area contributed by atoms with Gasteiger partial charge in [0, 0.05) is 54.2 Å². The van der Waals surface area contributed by atoms with Crippen LogP contribution in [-0.4, -0.2) is 56.5 Å². The Morgan fingerprint density at radius 2 is 1.85 bits per heavy atom.